The van der Waals surface area contributed by atoms with E-state index >= 15 is 0 Å². The molecule has 1 saturated carbocycles. The van der Waals surface area contributed by atoms with Crippen LogP contribution in [0.1, 0.15) is 24.8 Å². The van der Waals surface area contributed by atoms with E-state index in [2.05, 4.69) is 0 Å². The van der Waals surface area contributed by atoms with Crippen LogP contribution >= 0.6 is 0 Å². The summed E-state index contributed by atoms with van der Waals surface area (Å²) in [6.45, 7) is 1.29. The second kappa shape index (κ2) is 4.28. The van der Waals surface area contributed by atoms with Crippen molar-refractivity contribution in [2.45, 2.75) is 30.8 Å². The Hall–Kier alpha value is -1.55. The Bertz CT molecular complexity index is 461. The Morgan fingerprint density at radius 2 is 2.22 bits per heavy atom. The van der Waals surface area contributed by atoms with Crippen molar-refractivity contribution < 1.29 is 19.4 Å². The largest absolute Gasteiger partial charge is 0.486 e. The lowest BCUT2D eigenvalue weighted by atomic mass is 9.92. The molecule has 1 saturated heterocycles. The monoisotopic (exact) mass is 248 g/mol. The third kappa shape index (κ3) is 2.20. The topological polar surface area (TPSA) is 55.8 Å². The Balaban J connectivity index is 1.75. The molecule has 0 atom stereocenters. The van der Waals surface area contributed by atoms with Crippen LogP contribution in [0.25, 0.3) is 0 Å². The lowest BCUT2D eigenvalue weighted by Crippen LogP contribution is -2.38. The number of aliphatic carboxylic acids is 1. The quantitative estimate of drug-likeness (QED) is 0.865. The van der Waals surface area contributed by atoms with E-state index in [9.17, 15) is 4.79 Å². The maximum atomic E-state index is 10.9. The molecule has 0 radical (unpaired) electrons. The molecule has 4 nitrogen and oxygen atoms in total. The molecule has 1 aromatic rings. The Kier molecular flexibility index (Phi) is 2.74. The Morgan fingerprint density at radius 3 is 2.78 bits per heavy atom. The first kappa shape index (κ1) is 11.5. The van der Waals surface area contributed by atoms with Crippen LogP contribution < -0.4 is 4.74 Å². The van der Waals surface area contributed by atoms with Crippen molar-refractivity contribution >= 4 is 5.97 Å². The zero-order valence-electron chi connectivity index (χ0n) is 10.1. The van der Waals surface area contributed by atoms with Gasteiger partial charge in [0.25, 0.3) is 0 Å². The normalized spacial score (nSPS) is 21.1. The molecule has 0 amide bonds. The van der Waals surface area contributed by atoms with E-state index in [0.29, 0.717) is 13.2 Å². The molecule has 96 valence electrons. The first-order valence-corrected chi connectivity index (χ1v) is 6.25. The highest BCUT2D eigenvalue weighted by Crippen LogP contribution is 2.51. The summed E-state index contributed by atoms with van der Waals surface area (Å²) >= 11 is 0. The first-order chi connectivity index (χ1) is 8.68. The van der Waals surface area contributed by atoms with E-state index in [1.54, 1.807) is 0 Å². The fourth-order valence-corrected chi connectivity index (χ4v) is 2.38. The molecule has 18 heavy (non-hydrogen) atoms. The maximum Gasteiger partial charge on any atom is 0.304 e. The van der Waals surface area contributed by atoms with Gasteiger partial charge in [0.2, 0.25) is 0 Å². The van der Waals surface area contributed by atoms with Crippen LogP contribution in [-0.4, -0.2) is 30.4 Å². The van der Waals surface area contributed by atoms with Gasteiger partial charge in [0.05, 0.1) is 19.6 Å². The molecule has 1 N–H and O–H groups in total. The van der Waals surface area contributed by atoms with Gasteiger partial charge >= 0.3 is 5.97 Å². The minimum atomic E-state index is -0.730. The third-order valence-corrected chi connectivity index (χ3v) is 3.70. The molecule has 1 aromatic carbocycles. The van der Waals surface area contributed by atoms with Crippen molar-refractivity contribution in [2.75, 3.05) is 13.2 Å². The number of hydrogen-bond donors (Lipinski definition) is 1. The maximum absolute atomic E-state index is 10.9. The molecule has 2 aliphatic rings. The number of carbonyl (C=O) groups is 1. The summed E-state index contributed by atoms with van der Waals surface area (Å²) in [4.78, 5) is 10.9. The second-order valence-electron chi connectivity index (χ2n) is 5.16. The number of carboxylic acids is 1. The second-order valence-corrected chi connectivity index (χ2v) is 5.16. The van der Waals surface area contributed by atoms with Crippen molar-refractivity contribution in [3.05, 3.63) is 29.8 Å². The number of ether oxygens (including phenoxy) is 2. The van der Waals surface area contributed by atoms with Crippen molar-refractivity contribution in [2.24, 2.45) is 0 Å². The smallest absolute Gasteiger partial charge is 0.304 e. The minimum absolute atomic E-state index is 0.148. The van der Waals surface area contributed by atoms with Crippen LogP contribution in [-0.2, 0) is 14.9 Å². The van der Waals surface area contributed by atoms with Crippen molar-refractivity contribution in [1.29, 1.82) is 0 Å². The van der Waals surface area contributed by atoms with Gasteiger partial charge in [-0.15, -0.1) is 0 Å². The van der Waals surface area contributed by atoms with Crippen LogP contribution in [0.3, 0.4) is 0 Å². The molecule has 0 spiro atoms. The molecule has 3 rings (SSSR count). The zero-order chi connectivity index (χ0) is 12.6. The molecule has 0 bridgehead atoms. The van der Waals surface area contributed by atoms with E-state index in [1.165, 1.54) is 0 Å². The van der Waals surface area contributed by atoms with Gasteiger partial charge < -0.3 is 14.6 Å². The highest BCUT2D eigenvalue weighted by molar-refractivity contribution is 5.70. The number of carboxylic acid groups (broad SMARTS) is 1. The average molecular weight is 248 g/mol. The average Bonchev–Trinajstić information content (AvgIpc) is 3.04. The number of hydrogen-bond acceptors (Lipinski definition) is 3. The molecule has 2 fully saturated rings. The van der Waals surface area contributed by atoms with Gasteiger partial charge in [-0.25, -0.2) is 0 Å². The fourth-order valence-electron chi connectivity index (χ4n) is 2.38. The van der Waals surface area contributed by atoms with Crippen molar-refractivity contribution in [3.63, 3.8) is 0 Å². The minimum Gasteiger partial charge on any atom is -0.486 e. The van der Waals surface area contributed by atoms with Crippen molar-refractivity contribution in [3.8, 4) is 5.75 Å². The summed E-state index contributed by atoms with van der Waals surface area (Å²) in [5, 5.41) is 8.96. The predicted molar refractivity (Wildman–Crippen MR) is 64.8 cm³/mol. The molecular formula is C14H16O4. The summed E-state index contributed by atoms with van der Waals surface area (Å²) in [6, 6.07) is 7.83. The molecule has 1 heterocycles. The third-order valence-electron chi connectivity index (χ3n) is 3.70. The van der Waals surface area contributed by atoms with E-state index in [1.807, 2.05) is 24.3 Å². The molecule has 0 unspecified atom stereocenters. The molecule has 0 aromatic heterocycles. The van der Waals surface area contributed by atoms with E-state index in [0.717, 1.165) is 24.2 Å². The van der Waals surface area contributed by atoms with Gasteiger partial charge in [-0.3, -0.25) is 4.79 Å². The highest BCUT2D eigenvalue weighted by Gasteiger charge is 2.46. The van der Waals surface area contributed by atoms with Crippen LogP contribution in [0.5, 0.6) is 5.75 Å². The predicted octanol–water partition coefficient (Wildman–Crippen LogP) is 1.97. The zero-order valence-corrected chi connectivity index (χ0v) is 10.1. The molecular weight excluding hydrogens is 232 g/mol. The summed E-state index contributed by atoms with van der Waals surface area (Å²) in [5.74, 6) is 0.0867. The van der Waals surface area contributed by atoms with Gasteiger partial charge in [0, 0.05) is 5.41 Å². The van der Waals surface area contributed by atoms with Gasteiger partial charge in [-0.2, -0.15) is 0 Å². The van der Waals surface area contributed by atoms with Crippen LogP contribution in [0.2, 0.25) is 0 Å². The Morgan fingerprint density at radius 1 is 1.44 bits per heavy atom. The van der Waals surface area contributed by atoms with E-state index < -0.39 is 5.97 Å². The SMILES string of the molecule is O=C(O)CC1(c2cccc(OC3COC3)c2)CC1. The fraction of sp³-hybridized carbons (Fsp3) is 0.500. The summed E-state index contributed by atoms with van der Waals surface area (Å²) in [6.07, 6.45) is 2.27. The van der Waals surface area contributed by atoms with Gasteiger partial charge in [0.1, 0.15) is 11.9 Å². The van der Waals surface area contributed by atoms with Crippen molar-refractivity contribution in [1.82, 2.24) is 0 Å². The number of rotatable bonds is 5. The summed E-state index contributed by atoms with van der Waals surface area (Å²) in [5.41, 5.74) is 0.934. The highest BCUT2D eigenvalue weighted by atomic mass is 16.6. The van der Waals surface area contributed by atoms with Crippen LogP contribution in [0.15, 0.2) is 24.3 Å². The molecule has 1 aliphatic heterocycles. The van der Waals surface area contributed by atoms with E-state index in [-0.39, 0.29) is 17.9 Å². The summed E-state index contributed by atoms with van der Waals surface area (Å²) < 4.78 is 10.8. The first-order valence-electron chi connectivity index (χ1n) is 6.25. The van der Waals surface area contributed by atoms with E-state index in [4.69, 9.17) is 14.6 Å². The standard InChI is InChI=1S/C14H16O4/c15-13(16)7-14(4-5-14)10-2-1-3-11(6-10)18-12-8-17-9-12/h1-3,6,12H,4-5,7-9H2,(H,15,16). The molecule has 4 heteroatoms. The molecule has 1 aliphatic carbocycles. The van der Waals surface area contributed by atoms with Gasteiger partial charge in [-0.1, -0.05) is 12.1 Å². The lowest BCUT2D eigenvalue weighted by molar-refractivity contribution is -0.137. The summed E-state index contributed by atoms with van der Waals surface area (Å²) in [7, 11) is 0. The number of benzene rings is 1. The van der Waals surface area contributed by atoms with Crippen LogP contribution in [0.4, 0.5) is 0 Å². The lowest BCUT2D eigenvalue weighted by Gasteiger charge is -2.27. The van der Waals surface area contributed by atoms with Gasteiger partial charge in [0.15, 0.2) is 0 Å². The van der Waals surface area contributed by atoms with Crippen LogP contribution in [0, 0.1) is 0 Å². The Labute approximate surface area is 106 Å². The van der Waals surface area contributed by atoms with Gasteiger partial charge in [-0.05, 0) is 30.5 Å².